The summed E-state index contributed by atoms with van der Waals surface area (Å²) >= 11 is 1.26. The molecule has 0 bridgehead atoms. The van der Waals surface area contributed by atoms with E-state index in [9.17, 15) is 4.79 Å². The first kappa shape index (κ1) is 14.8. The maximum atomic E-state index is 11.6. The van der Waals surface area contributed by atoms with Crippen LogP contribution in [0.3, 0.4) is 0 Å². The van der Waals surface area contributed by atoms with Gasteiger partial charge in [0.15, 0.2) is 0 Å². The average molecular weight is 292 g/mol. The topological polar surface area (TPSA) is 34.5 Å². The Kier molecular flexibility index (Phi) is 4.98. The van der Waals surface area contributed by atoms with Crippen LogP contribution in [0.1, 0.15) is 11.3 Å². The Morgan fingerprint density at radius 3 is 2.85 bits per heavy atom. The van der Waals surface area contributed by atoms with Crippen LogP contribution in [-0.4, -0.2) is 30.2 Å². The molecule has 2 rings (SSSR count). The van der Waals surface area contributed by atoms with Crippen molar-refractivity contribution < 1.29 is 4.74 Å². The monoisotopic (exact) mass is 292 g/mol. The number of nitrogens with zero attached hydrogens (tertiary/aromatic N) is 2. The summed E-state index contributed by atoms with van der Waals surface area (Å²) in [6.45, 7) is 4.39. The van der Waals surface area contributed by atoms with Crippen LogP contribution in [0, 0.1) is 6.92 Å². The Bertz CT molecular complexity index is 618. The first-order valence-electron chi connectivity index (χ1n) is 6.56. The van der Waals surface area contributed by atoms with Crippen LogP contribution < -0.4 is 9.61 Å². The van der Waals surface area contributed by atoms with Crippen molar-refractivity contribution in [2.24, 2.45) is 0 Å². The molecule has 0 N–H and O–H groups in total. The molecule has 0 radical (unpaired) electrons. The van der Waals surface area contributed by atoms with E-state index in [1.165, 1.54) is 16.9 Å². The maximum absolute atomic E-state index is 11.6. The lowest BCUT2D eigenvalue weighted by molar-refractivity contribution is 0.309. The lowest BCUT2D eigenvalue weighted by atomic mass is 10.2. The van der Waals surface area contributed by atoms with Crippen LogP contribution in [0.4, 0.5) is 0 Å². The zero-order valence-electron chi connectivity index (χ0n) is 12.1. The Morgan fingerprint density at radius 1 is 1.40 bits per heavy atom. The number of rotatable bonds is 6. The summed E-state index contributed by atoms with van der Waals surface area (Å²) in [5, 5.41) is 1.91. The molecule has 1 aromatic carbocycles. The highest BCUT2D eigenvalue weighted by atomic mass is 32.1. The van der Waals surface area contributed by atoms with Crippen LogP contribution >= 0.6 is 11.3 Å². The summed E-state index contributed by atoms with van der Waals surface area (Å²) in [6, 6.07) is 8.06. The van der Waals surface area contributed by atoms with Crippen LogP contribution in [0.25, 0.3) is 0 Å². The molecule has 0 aliphatic rings. The smallest absolute Gasteiger partial charge is 0.307 e. The molecule has 108 valence electrons. The molecule has 20 heavy (non-hydrogen) atoms. The van der Waals surface area contributed by atoms with Gasteiger partial charge in [0.05, 0.1) is 7.11 Å². The van der Waals surface area contributed by atoms with Crippen LogP contribution in [0.5, 0.6) is 5.75 Å². The van der Waals surface area contributed by atoms with Gasteiger partial charge in [0.1, 0.15) is 5.75 Å². The minimum Gasteiger partial charge on any atom is -0.497 e. The van der Waals surface area contributed by atoms with Gasteiger partial charge in [-0.25, -0.2) is 0 Å². The molecule has 0 fully saturated rings. The van der Waals surface area contributed by atoms with Crippen molar-refractivity contribution in [1.82, 2.24) is 9.47 Å². The molecule has 0 aliphatic heterocycles. The van der Waals surface area contributed by atoms with E-state index >= 15 is 0 Å². The molecule has 4 nitrogen and oxygen atoms in total. The number of hydrogen-bond acceptors (Lipinski definition) is 4. The van der Waals surface area contributed by atoms with E-state index in [2.05, 4.69) is 18.0 Å². The van der Waals surface area contributed by atoms with Crippen molar-refractivity contribution in [3.05, 3.63) is 50.6 Å². The number of likely N-dealkylation sites (N-methyl/N-ethyl adjacent to an activating group) is 1. The van der Waals surface area contributed by atoms with Gasteiger partial charge >= 0.3 is 4.87 Å². The zero-order chi connectivity index (χ0) is 14.5. The average Bonchev–Trinajstić information content (AvgIpc) is 2.76. The molecule has 0 saturated carbocycles. The predicted molar refractivity (Wildman–Crippen MR) is 82.6 cm³/mol. The van der Waals surface area contributed by atoms with E-state index < -0.39 is 0 Å². The second-order valence-electron chi connectivity index (χ2n) is 4.88. The van der Waals surface area contributed by atoms with Gasteiger partial charge in [-0.2, -0.15) is 0 Å². The Labute approximate surface area is 123 Å². The van der Waals surface area contributed by atoms with Crippen molar-refractivity contribution in [2.75, 3.05) is 20.7 Å². The number of hydrogen-bond donors (Lipinski definition) is 0. The van der Waals surface area contributed by atoms with E-state index in [1.54, 1.807) is 7.11 Å². The molecule has 5 heteroatoms. The lowest BCUT2D eigenvalue weighted by Crippen LogP contribution is -2.26. The highest BCUT2D eigenvalue weighted by Gasteiger charge is 2.05. The van der Waals surface area contributed by atoms with E-state index in [0.29, 0.717) is 0 Å². The number of ether oxygens (including phenoxy) is 1. The Hall–Kier alpha value is -1.59. The molecular formula is C15H20N2O2S. The van der Waals surface area contributed by atoms with Gasteiger partial charge < -0.3 is 14.2 Å². The zero-order valence-corrected chi connectivity index (χ0v) is 12.9. The second-order valence-corrected chi connectivity index (χ2v) is 5.70. The number of thiazole rings is 1. The quantitative estimate of drug-likeness (QED) is 0.820. The van der Waals surface area contributed by atoms with E-state index in [-0.39, 0.29) is 4.87 Å². The fourth-order valence-corrected chi connectivity index (χ4v) is 2.87. The fourth-order valence-electron chi connectivity index (χ4n) is 2.11. The van der Waals surface area contributed by atoms with Crippen LogP contribution in [0.15, 0.2) is 34.4 Å². The summed E-state index contributed by atoms with van der Waals surface area (Å²) < 4.78 is 7.05. The molecule has 0 spiro atoms. The minimum atomic E-state index is 0.122. The third kappa shape index (κ3) is 3.71. The number of methoxy groups -OCH3 is 1. The van der Waals surface area contributed by atoms with Gasteiger partial charge in [0.2, 0.25) is 0 Å². The van der Waals surface area contributed by atoms with Crippen LogP contribution in [-0.2, 0) is 13.1 Å². The molecule has 2 aromatic rings. The third-order valence-electron chi connectivity index (χ3n) is 3.27. The number of aromatic nitrogens is 1. The van der Waals surface area contributed by atoms with Gasteiger partial charge in [0, 0.05) is 30.7 Å². The van der Waals surface area contributed by atoms with Crippen molar-refractivity contribution >= 4 is 11.3 Å². The van der Waals surface area contributed by atoms with E-state index in [1.807, 2.05) is 35.1 Å². The van der Waals surface area contributed by atoms with Gasteiger partial charge in [-0.05, 0) is 31.7 Å². The molecule has 0 atom stereocenters. The summed E-state index contributed by atoms with van der Waals surface area (Å²) in [7, 11) is 3.74. The normalized spacial score (nSPS) is 11.0. The van der Waals surface area contributed by atoms with Crippen LogP contribution in [0.2, 0.25) is 0 Å². The summed E-state index contributed by atoms with van der Waals surface area (Å²) in [5.41, 5.74) is 2.25. The third-order valence-corrected chi connectivity index (χ3v) is 4.15. The summed E-state index contributed by atoms with van der Waals surface area (Å²) in [6.07, 6.45) is 0. The van der Waals surface area contributed by atoms with Gasteiger partial charge in [0.25, 0.3) is 0 Å². The SMILES string of the molecule is COc1cccc(CN(C)CCn2c(C)csc2=O)c1. The highest BCUT2D eigenvalue weighted by Crippen LogP contribution is 2.13. The highest BCUT2D eigenvalue weighted by molar-refractivity contribution is 7.07. The van der Waals surface area contributed by atoms with Gasteiger partial charge in [-0.15, -0.1) is 0 Å². The molecule has 0 amide bonds. The fraction of sp³-hybridized carbons (Fsp3) is 0.400. The summed E-state index contributed by atoms with van der Waals surface area (Å²) in [5.74, 6) is 0.876. The summed E-state index contributed by atoms with van der Waals surface area (Å²) in [4.78, 5) is 14.0. The largest absolute Gasteiger partial charge is 0.497 e. The molecule has 0 aliphatic carbocycles. The maximum Gasteiger partial charge on any atom is 0.307 e. The van der Waals surface area contributed by atoms with Crippen molar-refractivity contribution in [3.8, 4) is 5.75 Å². The van der Waals surface area contributed by atoms with E-state index in [0.717, 1.165) is 31.1 Å². The lowest BCUT2D eigenvalue weighted by Gasteiger charge is -2.17. The molecular weight excluding hydrogens is 272 g/mol. The van der Waals surface area contributed by atoms with E-state index in [4.69, 9.17) is 4.74 Å². The molecule has 1 heterocycles. The minimum absolute atomic E-state index is 0.122. The molecule has 0 saturated heterocycles. The Balaban J connectivity index is 1.92. The molecule has 1 aromatic heterocycles. The van der Waals surface area contributed by atoms with Crippen molar-refractivity contribution in [2.45, 2.75) is 20.0 Å². The standard InChI is InChI=1S/C15H20N2O2S/c1-12-11-20-15(18)17(12)8-7-16(2)10-13-5-4-6-14(9-13)19-3/h4-6,9,11H,7-8,10H2,1-3H3. The number of aryl methyl sites for hydroxylation is 1. The first-order chi connectivity index (χ1) is 9.60. The van der Waals surface area contributed by atoms with Gasteiger partial charge in [-0.1, -0.05) is 23.5 Å². The Morgan fingerprint density at radius 2 is 2.20 bits per heavy atom. The van der Waals surface area contributed by atoms with Gasteiger partial charge in [-0.3, -0.25) is 4.79 Å². The first-order valence-corrected chi connectivity index (χ1v) is 7.44. The molecule has 0 unspecified atom stereocenters. The predicted octanol–water partition coefficient (Wildman–Crippen LogP) is 2.36. The van der Waals surface area contributed by atoms with Crippen molar-refractivity contribution in [1.29, 1.82) is 0 Å². The second kappa shape index (κ2) is 6.72. The number of benzene rings is 1. The van der Waals surface area contributed by atoms with Crippen molar-refractivity contribution in [3.63, 3.8) is 0 Å².